The van der Waals surface area contributed by atoms with Crippen LogP contribution in [0, 0.1) is 11.3 Å². The van der Waals surface area contributed by atoms with E-state index in [0.717, 1.165) is 5.56 Å². The Kier molecular flexibility index (Phi) is 3.90. The number of carboxylic acids is 1. The maximum Gasteiger partial charge on any atom is 0.307 e. The molecule has 4 nitrogen and oxygen atoms in total. The summed E-state index contributed by atoms with van der Waals surface area (Å²) in [5.74, 6) is -0.308. The van der Waals surface area contributed by atoms with Gasteiger partial charge in [0.1, 0.15) is 5.75 Å². The van der Waals surface area contributed by atoms with Crippen molar-refractivity contribution in [3.63, 3.8) is 0 Å². The molecule has 16 heavy (non-hydrogen) atoms. The first-order valence-corrected chi connectivity index (χ1v) is 4.94. The third kappa shape index (κ3) is 2.31. The number of aliphatic carboxylic acids is 1. The molecule has 0 spiro atoms. The molecule has 84 valence electrons. The number of nitrogens with zero attached hydrogens (tertiary/aromatic N) is 1. The fraction of sp³-hybridized carbons (Fsp3) is 0.333. The van der Waals surface area contributed by atoms with Crippen LogP contribution in [0.5, 0.6) is 5.75 Å². The number of rotatable bonds is 4. The molecule has 0 heterocycles. The maximum absolute atomic E-state index is 10.7. The fourth-order valence-electron chi connectivity index (χ4n) is 1.67. The minimum Gasteiger partial charge on any atom is -0.496 e. The first kappa shape index (κ1) is 12.1. The molecule has 0 radical (unpaired) electrons. The molecule has 4 heteroatoms. The summed E-state index contributed by atoms with van der Waals surface area (Å²) in [6.45, 7) is 1.91. The first-order valence-electron chi connectivity index (χ1n) is 4.94. The standard InChI is InChI=1S/C12H13NO3/c1-3-9-10(7-13)8(6-12(14)15)4-5-11(9)16-2/h4-5H,3,6H2,1-2H3,(H,14,15). The topological polar surface area (TPSA) is 70.3 Å². The van der Waals surface area contributed by atoms with Crippen molar-refractivity contribution in [3.05, 3.63) is 28.8 Å². The van der Waals surface area contributed by atoms with Gasteiger partial charge in [-0.2, -0.15) is 5.26 Å². The van der Waals surface area contributed by atoms with Crippen LogP contribution in [0.25, 0.3) is 0 Å². The van der Waals surface area contributed by atoms with Gasteiger partial charge in [0.25, 0.3) is 0 Å². The van der Waals surface area contributed by atoms with Crippen LogP contribution in [-0.2, 0) is 17.6 Å². The molecule has 1 aromatic carbocycles. The Morgan fingerprint density at radius 1 is 1.56 bits per heavy atom. The van der Waals surface area contributed by atoms with E-state index in [9.17, 15) is 4.79 Å². The lowest BCUT2D eigenvalue weighted by molar-refractivity contribution is -0.136. The number of carboxylic acid groups (broad SMARTS) is 1. The summed E-state index contributed by atoms with van der Waals surface area (Å²) in [6.07, 6.45) is 0.499. The zero-order valence-corrected chi connectivity index (χ0v) is 9.28. The third-order valence-corrected chi connectivity index (χ3v) is 2.38. The molecule has 0 aromatic heterocycles. The number of nitriles is 1. The molecule has 0 saturated heterocycles. The van der Waals surface area contributed by atoms with E-state index in [-0.39, 0.29) is 6.42 Å². The first-order chi connectivity index (χ1) is 7.63. The summed E-state index contributed by atoms with van der Waals surface area (Å²) in [5.41, 5.74) is 1.72. The van der Waals surface area contributed by atoms with Gasteiger partial charge in [0.2, 0.25) is 0 Å². The summed E-state index contributed by atoms with van der Waals surface area (Å²) < 4.78 is 5.14. The lowest BCUT2D eigenvalue weighted by atomic mass is 9.97. The number of methoxy groups -OCH3 is 1. The van der Waals surface area contributed by atoms with Gasteiger partial charge in [0.05, 0.1) is 25.2 Å². The van der Waals surface area contributed by atoms with Crippen LogP contribution in [0.2, 0.25) is 0 Å². The van der Waals surface area contributed by atoms with Crippen LogP contribution in [0.1, 0.15) is 23.6 Å². The van der Waals surface area contributed by atoms with Gasteiger partial charge in [-0.25, -0.2) is 0 Å². The van der Waals surface area contributed by atoms with Crippen molar-refractivity contribution in [1.29, 1.82) is 5.26 Å². The third-order valence-electron chi connectivity index (χ3n) is 2.38. The van der Waals surface area contributed by atoms with Crippen LogP contribution < -0.4 is 4.74 Å². The van der Waals surface area contributed by atoms with E-state index in [1.54, 1.807) is 12.1 Å². The summed E-state index contributed by atoms with van der Waals surface area (Å²) in [6, 6.07) is 5.39. The number of carbonyl (C=O) groups is 1. The monoisotopic (exact) mass is 219 g/mol. The molecule has 0 amide bonds. The Hall–Kier alpha value is -2.02. The van der Waals surface area contributed by atoms with Crippen LogP contribution in [-0.4, -0.2) is 18.2 Å². The fourth-order valence-corrected chi connectivity index (χ4v) is 1.67. The molecular formula is C12H13NO3. The van der Waals surface area contributed by atoms with Crippen molar-refractivity contribution in [3.8, 4) is 11.8 Å². The quantitative estimate of drug-likeness (QED) is 0.837. The van der Waals surface area contributed by atoms with Crippen molar-refractivity contribution < 1.29 is 14.6 Å². The van der Waals surface area contributed by atoms with E-state index in [1.165, 1.54) is 7.11 Å². The summed E-state index contributed by atoms with van der Waals surface area (Å²) in [4.78, 5) is 10.7. The minimum atomic E-state index is -0.941. The normalized spacial score (nSPS) is 9.56. The van der Waals surface area contributed by atoms with Crippen molar-refractivity contribution in [2.24, 2.45) is 0 Å². The number of hydrogen-bond donors (Lipinski definition) is 1. The molecule has 0 atom stereocenters. The molecule has 0 unspecified atom stereocenters. The Balaban J connectivity index is 3.32. The Labute approximate surface area is 94.1 Å². The summed E-state index contributed by atoms with van der Waals surface area (Å²) in [5, 5.41) is 17.8. The molecule has 0 saturated carbocycles. The number of benzene rings is 1. The van der Waals surface area contributed by atoms with E-state index in [1.807, 2.05) is 6.92 Å². The highest BCUT2D eigenvalue weighted by atomic mass is 16.5. The SMILES string of the molecule is CCc1c(OC)ccc(CC(=O)O)c1C#N. The predicted molar refractivity (Wildman–Crippen MR) is 58.4 cm³/mol. The number of ether oxygens (including phenoxy) is 1. The second-order valence-electron chi connectivity index (χ2n) is 3.32. The molecule has 1 rings (SSSR count). The molecule has 0 aliphatic heterocycles. The second-order valence-corrected chi connectivity index (χ2v) is 3.32. The lowest BCUT2D eigenvalue weighted by Gasteiger charge is -2.11. The average molecular weight is 219 g/mol. The van der Waals surface area contributed by atoms with Gasteiger partial charge in [0.15, 0.2) is 0 Å². The highest BCUT2D eigenvalue weighted by Crippen LogP contribution is 2.25. The van der Waals surface area contributed by atoms with Gasteiger partial charge in [-0.1, -0.05) is 13.0 Å². The van der Waals surface area contributed by atoms with Crippen LogP contribution >= 0.6 is 0 Å². The molecule has 0 fully saturated rings. The molecule has 1 aromatic rings. The average Bonchev–Trinajstić information content (AvgIpc) is 2.27. The summed E-state index contributed by atoms with van der Waals surface area (Å²) >= 11 is 0. The lowest BCUT2D eigenvalue weighted by Crippen LogP contribution is -2.05. The zero-order chi connectivity index (χ0) is 12.1. The van der Waals surface area contributed by atoms with Gasteiger partial charge in [-0.15, -0.1) is 0 Å². The van der Waals surface area contributed by atoms with E-state index >= 15 is 0 Å². The molecular weight excluding hydrogens is 206 g/mol. The predicted octanol–water partition coefficient (Wildman–Crippen LogP) is 1.76. The largest absolute Gasteiger partial charge is 0.496 e. The Morgan fingerprint density at radius 2 is 2.25 bits per heavy atom. The van der Waals surface area contributed by atoms with E-state index in [2.05, 4.69) is 6.07 Å². The molecule has 0 aliphatic carbocycles. The van der Waals surface area contributed by atoms with Gasteiger partial charge >= 0.3 is 5.97 Å². The minimum absolute atomic E-state index is 0.139. The van der Waals surface area contributed by atoms with Gasteiger partial charge in [-0.05, 0) is 18.1 Å². The molecule has 0 aliphatic rings. The van der Waals surface area contributed by atoms with E-state index in [0.29, 0.717) is 23.3 Å². The molecule has 1 N–H and O–H groups in total. The molecule has 0 bridgehead atoms. The maximum atomic E-state index is 10.7. The van der Waals surface area contributed by atoms with Crippen molar-refractivity contribution >= 4 is 5.97 Å². The van der Waals surface area contributed by atoms with Crippen molar-refractivity contribution in [2.75, 3.05) is 7.11 Å². The van der Waals surface area contributed by atoms with Crippen LogP contribution in [0.4, 0.5) is 0 Å². The van der Waals surface area contributed by atoms with Gasteiger partial charge in [-0.3, -0.25) is 4.79 Å². The summed E-state index contributed by atoms with van der Waals surface area (Å²) in [7, 11) is 1.53. The van der Waals surface area contributed by atoms with E-state index in [4.69, 9.17) is 15.1 Å². The van der Waals surface area contributed by atoms with Gasteiger partial charge < -0.3 is 9.84 Å². The Morgan fingerprint density at radius 3 is 2.69 bits per heavy atom. The number of hydrogen-bond acceptors (Lipinski definition) is 3. The highest BCUT2D eigenvalue weighted by molar-refractivity contribution is 5.72. The highest BCUT2D eigenvalue weighted by Gasteiger charge is 2.14. The van der Waals surface area contributed by atoms with Crippen molar-refractivity contribution in [1.82, 2.24) is 0 Å². The zero-order valence-electron chi connectivity index (χ0n) is 9.28. The van der Waals surface area contributed by atoms with E-state index < -0.39 is 5.97 Å². The van der Waals surface area contributed by atoms with Crippen molar-refractivity contribution in [2.45, 2.75) is 19.8 Å². The Bertz CT molecular complexity index is 446. The van der Waals surface area contributed by atoms with Gasteiger partial charge in [0, 0.05) is 5.56 Å². The second kappa shape index (κ2) is 5.17. The van der Waals surface area contributed by atoms with Crippen LogP contribution in [0.3, 0.4) is 0 Å². The smallest absolute Gasteiger partial charge is 0.307 e. The van der Waals surface area contributed by atoms with Crippen LogP contribution in [0.15, 0.2) is 12.1 Å².